The Kier molecular flexibility index (Phi) is 3.61. The number of carbonyl (C=O) groups is 1. The van der Waals surface area contributed by atoms with Crippen LogP contribution in [0.25, 0.3) is 0 Å². The summed E-state index contributed by atoms with van der Waals surface area (Å²) in [5.74, 6) is -1.22. The van der Waals surface area contributed by atoms with Crippen molar-refractivity contribution in [2.45, 2.75) is 6.61 Å². The highest BCUT2D eigenvalue weighted by Gasteiger charge is 2.15. The van der Waals surface area contributed by atoms with E-state index in [-0.39, 0.29) is 22.3 Å². The second kappa shape index (κ2) is 5.18. The van der Waals surface area contributed by atoms with E-state index in [0.717, 1.165) is 6.07 Å². The van der Waals surface area contributed by atoms with E-state index in [1.807, 2.05) is 0 Å². The Morgan fingerprint density at radius 1 is 1.56 bits per heavy atom. The van der Waals surface area contributed by atoms with E-state index in [9.17, 15) is 9.18 Å². The SMILES string of the molecule is Nc1cc(C(=O)OCc2cnoc2)c(Br)cc1F. The van der Waals surface area contributed by atoms with Gasteiger partial charge < -0.3 is 15.0 Å². The molecule has 0 spiro atoms. The highest BCUT2D eigenvalue weighted by molar-refractivity contribution is 9.10. The van der Waals surface area contributed by atoms with E-state index in [0.29, 0.717) is 5.56 Å². The van der Waals surface area contributed by atoms with E-state index < -0.39 is 11.8 Å². The van der Waals surface area contributed by atoms with Crippen molar-refractivity contribution in [3.63, 3.8) is 0 Å². The summed E-state index contributed by atoms with van der Waals surface area (Å²) in [6.45, 7) is 0.0199. The van der Waals surface area contributed by atoms with Crippen LogP contribution in [0.4, 0.5) is 10.1 Å². The normalized spacial score (nSPS) is 10.3. The minimum atomic E-state index is -0.616. The van der Waals surface area contributed by atoms with Gasteiger partial charge in [-0.3, -0.25) is 0 Å². The Labute approximate surface area is 110 Å². The summed E-state index contributed by atoms with van der Waals surface area (Å²) in [6.07, 6.45) is 2.79. The molecule has 94 valence electrons. The zero-order chi connectivity index (χ0) is 13.1. The van der Waals surface area contributed by atoms with Crippen LogP contribution in [0.1, 0.15) is 15.9 Å². The number of esters is 1. The fourth-order valence-corrected chi connectivity index (χ4v) is 1.72. The monoisotopic (exact) mass is 314 g/mol. The van der Waals surface area contributed by atoms with E-state index in [2.05, 4.69) is 25.6 Å². The fraction of sp³-hybridized carbons (Fsp3) is 0.0909. The van der Waals surface area contributed by atoms with Gasteiger partial charge in [-0.1, -0.05) is 5.16 Å². The van der Waals surface area contributed by atoms with Gasteiger partial charge >= 0.3 is 5.97 Å². The van der Waals surface area contributed by atoms with Crippen LogP contribution in [-0.2, 0) is 11.3 Å². The molecule has 7 heteroatoms. The zero-order valence-electron chi connectivity index (χ0n) is 9.02. The van der Waals surface area contributed by atoms with Crippen LogP contribution in [0.3, 0.4) is 0 Å². The Morgan fingerprint density at radius 3 is 3.00 bits per heavy atom. The number of nitrogens with zero attached hydrogens (tertiary/aromatic N) is 1. The molecular weight excluding hydrogens is 307 g/mol. The van der Waals surface area contributed by atoms with Gasteiger partial charge in [-0.15, -0.1) is 0 Å². The van der Waals surface area contributed by atoms with Crippen LogP contribution in [0, 0.1) is 5.82 Å². The van der Waals surface area contributed by atoms with E-state index in [4.69, 9.17) is 10.5 Å². The number of carbonyl (C=O) groups excluding carboxylic acids is 1. The summed E-state index contributed by atoms with van der Waals surface area (Å²) in [6, 6.07) is 2.33. The quantitative estimate of drug-likeness (QED) is 0.695. The van der Waals surface area contributed by atoms with Gasteiger partial charge in [-0.25, -0.2) is 9.18 Å². The average molecular weight is 315 g/mol. The van der Waals surface area contributed by atoms with E-state index >= 15 is 0 Å². The van der Waals surface area contributed by atoms with Crippen molar-refractivity contribution in [3.05, 3.63) is 46.0 Å². The molecular formula is C11H8BrFN2O3. The predicted molar refractivity (Wildman–Crippen MR) is 64.1 cm³/mol. The van der Waals surface area contributed by atoms with Gasteiger partial charge in [-0.2, -0.15) is 0 Å². The van der Waals surface area contributed by atoms with Crippen molar-refractivity contribution in [3.8, 4) is 0 Å². The number of nitrogen functional groups attached to an aromatic ring is 1. The molecule has 0 saturated heterocycles. The lowest BCUT2D eigenvalue weighted by Gasteiger charge is -2.06. The lowest BCUT2D eigenvalue weighted by Crippen LogP contribution is -2.07. The minimum absolute atomic E-state index is 0.0199. The smallest absolute Gasteiger partial charge is 0.339 e. The van der Waals surface area contributed by atoms with Crippen molar-refractivity contribution in [1.29, 1.82) is 0 Å². The number of benzene rings is 1. The Morgan fingerprint density at radius 2 is 2.33 bits per heavy atom. The summed E-state index contributed by atoms with van der Waals surface area (Å²) < 4.78 is 23.0. The maximum absolute atomic E-state index is 13.1. The van der Waals surface area contributed by atoms with Crippen LogP contribution in [0.5, 0.6) is 0 Å². The molecule has 0 unspecified atom stereocenters. The third-order valence-corrected chi connectivity index (χ3v) is 2.82. The zero-order valence-corrected chi connectivity index (χ0v) is 10.6. The van der Waals surface area contributed by atoms with Gasteiger partial charge in [0.15, 0.2) is 0 Å². The van der Waals surface area contributed by atoms with E-state index in [1.54, 1.807) is 0 Å². The molecule has 0 bridgehead atoms. The molecule has 0 radical (unpaired) electrons. The highest BCUT2D eigenvalue weighted by atomic mass is 79.9. The summed E-state index contributed by atoms with van der Waals surface area (Å²) in [4.78, 5) is 11.7. The maximum Gasteiger partial charge on any atom is 0.339 e. The van der Waals surface area contributed by atoms with Crippen LogP contribution in [-0.4, -0.2) is 11.1 Å². The number of hydrogen-bond donors (Lipinski definition) is 1. The van der Waals surface area contributed by atoms with Crippen molar-refractivity contribution in [2.24, 2.45) is 0 Å². The summed E-state index contributed by atoms with van der Waals surface area (Å²) >= 11 is 3.07. The lowest BCUT2D eigenvalue weighted by molar-refractivity contribution is 0.0471. The first-order valence-electron chi connectivity index (χ1n) is 4.88. The molecule has 1 heterocycles. The first-order valence-corrected chi connectivity index (χ1v) is 5.67. The fourth-order valence-electron chi connectivity index (χ4n) is 1.25. The third-order valence-electron chi connectivity index (χ3n) is 2.16. The summed E-state index contributed by atoms with van der Waals surface area (Å²) in [7, 11) is 0. The van der Waals surface area contributed by atoms with Crippen molar-refractivity contribution >= 4 is 27.6 Å². The molecule has 0 aliphatic carbocycles. The predicted octanol–water partition coefficient (Wildman–Crippen LogP) is 2.52. The Hall–Kier alpha value is -1.89. The largest absolute Gasteiger partial charge is 0.457 e. The molecule has 0 aliphatic rings. The lowest BCUT2D eigenvalue weighted by atomic mass is 10.2. The van der Waals surface area contributed by atoms with Crippen LogP contribution >= 0.6 is 15.9 Å². The topological polar surface area (TPSA) is 78.4 Å². The van der Waals surface area contributed by atoms with Gasteiger partial charge in [0.05, 0.1) is 17.4 Å². The summed E-state index contributed by atoms with van der Waals surface area (Å²) in [5, 5.41) is 3.47. The molecule has 1 aromatic carbocycles. The van der Waals surface area contributed by atoms with Crippen molar-refractivity contribution < 1.29 is 18.4 Å². The average Bonchev–Trinajstić information content (AvgIpc) is 2.84. The van der Waals surface area contributed by atoms with Gasteiger partial charge in [0.1, 0.15) is 18.7 Å². The number of aromatic nitrogens is 1. The highest BCUT2D eigenvalue weighted by Crippen LogP contribution is 2.23. The molecule has 18 heavy (non-hydrogen) atoms. The number of anilines is 1. The van der Waals surface area contributed by atoms with E-state index in [1.165, 1.54) is 18.5 Å². The van der Waals surface area contributed by atoms with Crippen LogP contribution in [0.2, 0.25) is 0 Å². The van der Waals surface area contributed by atoms with Gasteiger partial charge in [0.2, 0.25) is 0 Å². The first kappa shape index (κ1) is 12.6. The first-order chi connectivity index (χ1) is 8.58. The molecule has 2 aromatic rings. The molecule has 0 amide bonds. The molecule has 0 saturated carbocycles. The molecule has 2 N–H and O–H groups in total. The van der Waals surface area contributed by atoms with Crippen molar-refractivity contribution in [2.75, 3.05) is 5.73 Å². The molecule has 2 rings (SSSR count). The second-order valence-electron chi connectivity index (χ2n) is 3.46. The maximum atomic E-state index is 13.1. The van der Waals surface area contributed by atoms with Gasteiger partial charge in [-0.05, 0) is 28.1 Å². The third kappa shape index (κ3) is 2.67. The van der Waals surface area contributed by atoms with Gasteiger partial charge in [0.25, 0.3) is 0 Å². The van der Waals surface area contributed by atoms with Crippen LogP contribution in [0.15, 0.2) is 33.6 Å². The molecule has 0 aliphatic heterocycles. The van der Waals surface area contributed by atoms with Crippen LogP contribution < -0.4 is 5.73 Å². The van der Waals surface area contributed by atoms with Gasteiger partial charge in [0, 0.05) is 10.0 Å². The Balaban J connectivity index is 2.11. The molecule has 5 nitrogen and oxygen atoms in total. The number of hydrogen-bond acceptors (Lipinski definition) is 5. The second-order valence-corrected chi connectivity index (χ2v) is 4.32. The standard InChI is InChI=1S/C11H8BrFN2O3/c12-8-2-9(13)10(14)1-7(8)11(16)17-4-6-3-15-18-5-6/h1-3,5H,4,14H2. The number of rotatable bonds is 3. The number of nitrogens with two attached hydrogens (primary N) is 1. The Bertz CT molecular complexity index is 572. The van der Waals surface area contributed by atoms with Crippen molar-refractivity contribution in [1.82, 2.24) is 5.16 Å². The molecule has 0 fully saturated rings. The number of halogens is 2. The number of ether oxygens (including phenoxy) is 1. The molecule has 0 atom stereocenters. The molecule has 1 aromatic heterocycles. The minimum Gasteiger partial charge on any atom is -0.457 e. The summed E-state index contributed by atoms with van der Waals surface area (Å²) in [5.41, 5.74) is 6.05.